The highest BCUT2D eigenvalue weighted by Crippen LogP contribution is 2.62. The van der Waals surface area contributed by atoms with Gasteiger partial charge in [-0.05, 0) is 62.2 Å². The lowest BCUT2D eigenvalue weighted by atomic mass is 9.46. The molecule has 0 spiro atoms. The molecule has 5 nitrogen and oxygen atoms in total. The number of rotatable bonds is 4. The number of carbonyl (C=O) groups excluding carboxylic acids is 1. The van der Waals surface area contributed by atoms with Crippen molar-refractivity contribution in [3.63, 3.8) is 0 Å². The van der Waals surface area contributed by atoms with Crippen LogP contribution in [0.5, 0.6) is 0 Å². The third-order valence-electron chi connectivity index (χ3n) is 7.22. The van der Waals surface area contributed by atoms with Crippen LogP contribution < -0.4 is 0 Å². The molecule has 0 saturated heterocycles. The van der Waals surface area contributed by atoms with E-state index in [9.17, 15) is 19.8 Å². The van der Waals surface area contributed by atoms with Gasteiger partial charge in [-0.3, -0.25) is 4.79 Å². The van der Waals surface area contributed by atoms with Gasteiger partial charge >= 0.3 is 11.9 Å². The number of aliphatic hydroxyl groups excluding tert-OH is 1. The van der Waals surface area contributed by atoms with Crippen molar-refractivity contribution < 1.29 is 24.5 Å². The number of hydrogen-bond acceptors (Lipinski definition) is 4. The Morgan fingerprint density at radius 2 is 2.08 bits per heavy atom. The van der Waals surface area contributed by atoms with Gasteiger partial charge in [0.15, 0.2) is 0 Å². The normalized spacial score (nSPS) is 40.8. The molecule has 5 atom stereocenters. The van der Waals surface area contributed by atoms with Crippen molar-refractivity contribution in [1.82, 2.24) is 0 Å². The first kappa shape index (κ1) is 18.2. The van der Waals surface area contributed by atoms with Gasteiger partial charge in [0.1, 0.15) is 0 Å². The van der Waals surface area contributed by atoms with E-state index in [0.29, 0.717) is 24.8 Å². The van der Waals surface area contributed by atoms with Crippen LogP contribution in [0.15, 0.2) is 23.3 Å². The Hall–Kier alpha value is -1.62. The highest BCUT2D eigenvalue weighted by molar-refractivity contribution is 5.85. The number of aliphatic carboxylic acids is 1. The molecule has 0 bridgehead atoms. The van der Waals surface area contributed by atoms with E-state index in [1.807, 2.05) is 0 Å². The Bertz CT molecular complexity index is 648. The topological polar surface area (TPSA) is 83.8 Å². The molecule has 25 heavy (non-hydrogen) atoms. The van der Waals surface area contributed by atoms with Gasteiger partial charge < -0.3 is 14.9 Å². The second kappa shape index (κ2) is 6.27. The fourth-order valence-electron chi connectivity index (χ4n) is 5.54. The van der Waals surface area contributed by atoms with Gasteiger partial charge in [-0.2, -0.15) is 0 Å². The number of carboxylic acid groups (broad SMARTS) is 1. The van der Waals surface area contributed by atoms with E-state index in [-0.39, 0.29) is 16.7 Å². The molecule has 5 heteroatoms. The SMILES string of the molecule is CC1=CCC[C@@H]2[C@@](C)(CCC3=CC(=O)OC3O)[C@H](C(=O)O)CC[C@@]12C. The smallest absolute Gasteiger partial charge is 0.333 e. The summed E-state index contributed by atoms with van der Waals surface area (Å²) in [5.74, 6) is -1.36. The van der Waals surface area contributed by atoms with E-state index in [1.165, 1.54) is 11.6 Å². The fourth-order valence-corrected chi connectivity index (χ4v) is 5.54. The molecule has 138 valence electrons. The lowest BCUT2D eigenvalue weighted by Crippen LogP contribution is -2.52. The van der Waals surface area contributed by atoms with Gasteiger partial charge in [0, 0.05) is 11.6 Å². The molecule has 0 amide bonds. The minimum atomic E-state index is -1.18. The lowest BCUT2D eigenvalue weighted by Gasteiger charge is -2.57. The van der Waals surface area contributed by atoms with Gasteiger partial charge in [-0.15, -0.1) is 0 Å². The lowest BCUT2D eigenvalue weighted by molar-refractivity contribution is -0.156. The van der Waals surface area contributed by atoms with Crippen molar-refractivity contribution in [2.24, 2.45) is 22.7 Å². The van der Waals surface area contributed by atoms with Crippen LogP contribution in [0, 0.1) is 22.7 Å². The van der Waals surface area contributed by atoms with E-state index in [1.54, 1.807) is 0 Å². The Morgan fingerprint density at radius 3 is 2.68 bits per heavy atom. The third kappa shape index (κ3) is 2.92. The van der Waals surface area contributed by atoms with Crippen LogP contribution in [-0.4, -0.2) is 28.4 Å². The summed E-state index contributed by atoms with van der Waals surface area (Å²) >= 11 is 0. The number of carboxylic acids is 1. The van der Waals surface area contributed by atoms with E-state index in [4.69, 9.17) is 4.74 Å². The average Bonchev–Trinajstić information content (AvgIpc) is 2.85. The molecule has 3 rings (SSSR count). The number of hydrogen-bond donors (Lipinski definition) is 2. The molecule has 1 fully saturated rings. The molecule has 0 aromatic heterocycles. The second-order valence-corrected chi connectivity index (χ2v) is 8.38. The molecule has 3 aliphatic rings. The first-order chi connectivity index (χ1) is 11.7. The van der Waals surface area contributed by atoms with Crippen LogP contribution in [0.3, 0.4) is 0 Å². The van der Waals surface area contributed by atoms with Gasteiger partial charge in [0.25, 0.3) is 0 Å². The predicted octanol–water partition coefficient (Wildman–Crippen LogP) is 3.43. The maximum absolute atomic E-state index is 12.0. The van der Waals surface area contributed by atoms with Crippen molar-refractivity contribution in [2.45, 2.75) is 65.6 Å². The van der Waals surface area contributed by atoms with Crippen molar-refractivity contribution in [2.75, 3.05) is 0 Å². The van der Waals surface area contributed by atoms with Gasteiger partial charge in [-0.1, -0.05) is 25.5 Å². The maximum atomic E-state index is 12.0. The monoisotopic (exact) mass is 348 g/mol. The predicted molar refractivity (Wildman–Crippen MR) is 92.5 cm³/mol. The first-order valence-electron chi connectivity index (χ1n) is 9.17. The number of fused-ring (bicyclic) bond motifs is 1. The Kier molecular flexibility index (Phi) is 4.56. The molecule has 2 aliphatic carbocycles. The van der Waals surface area contributed by atoms with Crippen LogP contribution in [0.4, 0.5) is 0 Å². The second-order valence-electron chi connectivity index (χ2n) is 8.38. The molecule has 1 heterocycles. The van der Waals surface area contributed by atoms with Crippen molar-refractivity contribution >= 4 is 11.9 Å². The van der Waals surface area contributed by atoms with E-state index in [0.717, 1.165) is 19.3 Å². The summed E-state index contributed by atoms with van der Waals surface area (Å²) in [6, 6.07) is 0. The minimum Gasteiger partial charge on any atom is -0.481 e. The van der Waals surface area contributed by atoms with E-state index in [2.05, 4.69) is 26.8 Å². The maximum Gasteiger partial charge on any atom is 0.333 e. The van der Waals surface area contributed by atoms with E-state index >= 15 is 0 Å². The largest absolute Gasteiger partial charge is 0.481 e. The van der Waals surface area contributed by atoms with Crippen LogP contribution in [-0.2, 0) is 14.3 Å². The summed E-state index contributed by atoms with van der Waals surface area (Å²) in [6.45, 7) is 6.54. The molecular formula is C20H28O5. The molecule has 0 aromatic carbocycles. The fraction of sp³-hybridized carbons (Fsp3) is 0.700. The molecule has 1 aliphatic heterocycles. The number of carbonyl (C=O) groups is 2. The van der Waals surface area contributed by atoms with Crippen LogP contribution in [0.25, 0.3) is 0 Å². The minimum absolute atomic E-state index is 0.0357. The number of cyclic esters (lactones) is 1. The van der Waals surface area contributed by atoms with Crippen LogP contribution in [0.2, 0.25) is 0 Å². The average molecular weight is 348 g/mol. The number of esters is 1. The molecule has 0 aromatic rings. The quantitative estimate of drug-likeness (QED) is 0.601. The van der Waals surface area contributed by atoms with Gasteiger partial charge in [-0.25, -0.2) is 4.79 Å². The van der Waals surface area contributed by atoms with Crippen molar-refractivity contribution in [3.8, 4) is 0 Å². The summed E-state index contributed by atoms with van der Waals surface area (Å²) in [7, 11) is 0. The number of aliphatic hydroxyl groups is 1. The standard InChI is InChI=1S/C20H28O5/c1-12-5-4-6-15-19(12,2)10-8-14(17(22)23)20(15,3)9-7-13-11-16(21)25-18(13)24/h5,11,14-15,18,24H,4,6-10H2,1-3H3,(H,22,23)/t14-,15-,18?,19-,20-/m0/s1. The van der Waals surface area contributed by atoms with Crippen molar-refractivity contribution in [3.05, 3.63) is 23.3 Å². The van der Waals surface area contributed by atoms with E-state index < -0.39 is 24.1 Å². The summed E-state index contributed by atoms with van der Waals surface area (Å²) in [6.07, 6.45) is 7.14. The third-order valence-corrected chi connectivity index (χ3v) is 7.22. The molecule has 0 radical (unpaired) electrons. The number of ether oxygens (including phenoxy) is 1. The highest BCUT2D eigenvalue weighted by atomic mass is 16.6. The summed E-state index contributed by atoms with van der Waals surface area (Å²) < 4.78 is 4.76. The molecular weight excluding hydrogens is 320 g/mol. The van der Waals surface area contributed by atoms with Gasteiger partial charge in [0.2, 0.25) is 6.29 Å². The Balaban J connectivity index is 1.90. The Labute approximate surface area is 148 Å². The summed E-state index contributed by atoms with van der Waals surface area (Å²) in [5, 5.41) is 19.7. The summed E-state index contributed by atoms with van der Waals surface area (Å²) in [5.41, 5.74) is 1.59. The molecule has 1 unspecified atom stereocenters. The first-order valence-corrected chi connectivity index (χ1v) is 9.17. The van der Waals surface area contributed by atoms with Crippen LogP contribution >= 0.6 is 0 Å². The number of allylic oxidation sites excluding steroid dienone is 2. The zero-order valence-corrected chi connectivity index (χ0v) is 15.2. The summed E-state index contributed by atoms with van der Waals surface area (Å²) in [4.78, 5) is 23.3. The highest BCUT2D eigenvalue weighted by Gasteiger charge is 2.56. The zero-order chi connectivity index (χ0) is 18.4. The van der Waals surface area contributed by atoms with Gasteiger partial charge in [0.05, 0.1) is 5.92 Å². The Morgan fingerprint density at radius 1 is 1.36 bits per heavy atom. The molecule has 1 saturated carbocycles. The van der Waals surface area contributed by atoms with Crippen LogP contribution in [0.1, 0.15) is 59.3 Å². The van der Waals surface area contributed by atoms with Crippen molar-refractivity contribution in [1.29, 1.82) is 0 Å². The zero-order valence-electron chi connectivity index (χ0n) is 15.2. The molecule has 2 N–H and O–H groups in total.